The third-order valence-corrected chi connectivity index (χ3v) is 4.42. The van der Waals surface area contributed by atoms with Gasteiger partial charge in [0.15, 0.2) is 0 Å². The molecule has 0 spiro atoms. The molecule has 0 aliphatic heterocycles. The molecule has 0 bridgehead atoms. The maximum Gasteiger partial charge on any atom is 0.314 e. The van der Waals surface area contributed by atoms with E-state index >= 15 is 0 Å². The van der Waals surface area contributed by atoms with Crippen LogP contribution in [0.1, 0.15) is 11.1 Å². The maximum absolute atomic E-state index is 11.7. The molecule has 0 saturated carbocycles. The minimum Gasteiger partial charge on any atom is -0.338 e. The molecule has 2 N–H and O–H groups in total. The van der Waals surface area contributed by atoms with Gasteiger partial charge < -0.3 is 10.6 Å². The zero-order chi connectivity index (χ0) is 15.8. The normalized spacial score (nSPS) is 10.3. The van der Waals surface area contributed by atoms with Gasteiger partial charge in [-0.25, -0.2) is 4.79 Å². The fraction of sp³-hybridized carbons (Fsp3) is 0.235. The van der Waals surface area contributed by atoms with Crippen molar-refractivity contribution >= 4 is 33.6 Å². The molecule has 2 rings (SSSR count). The van der Waals surface area contributed by atoms with Gasteiger partial charge in [-0.15, -0.1) is 0 Å². The Morgan fingerprint density at radius 3 is 2.09 bits per heavy atom. The van der Waals surface area contributed by atoms with Crippen molar-refractivity contribution in [2.75, 3.05) is 13.1 Å². The molecule has 0 heterocycles. The van der Waals surface area contributed by atoms with E-state index in [1.54, 1.807) is 0 Å². The lowest BCUT2D eigenvalue weighted by Crippen LogP contribution is -2.37. The van der Waals surface area contributed by atoms with Crippen LogP contribution in [-0.2, 0) is 12.8 Å². The molecule has 2 aromatic carbocycles. The van der Waals surface area contributed by atoms with E-state index < -0.39 is 0 Å². The third-order valence-electron chi connectivity index (χ3n) is 3.28. The second kappa shape index (κ2) is 8.81. The van der Waals surface area contributed by atoms with Gasteiger partial charge in [-0.05, 0) is 36.1 Å². The molecule has 0 aromatic heterocycles. The highest BCUT2D eigenvalue weighted by Crippen LogP contribution is 2.16. The number of hydrogen-bond donors (Lipinski definition) is 2. The number of halogens is 2. The van der Waals surface area contributed by atoms with E-state index in [1.807, 2.05) is 48.5 Å². The second-order valence-corrected chi connectivity index (χ2v) is 6.13. The number of urea groups is 1. The quantitative estimate of drug-likeness (QED) is 0.774. The monoisotopic (exact) mass is 380 g/mol. The number of carbonyl (C=O) groups is 1. The van der Waals surface area contributed by atoms with E-state index in [0.29, 0.717) is 13.1 Å². The Bertz CT molecular complexity index is 580. The van der Waals surface area contributed by atoms with Crippen LogP contribution in [0.25, 0.3) is 0 Å². The first-order valence-electron chi connectivity index (χ1n) is 7.15. The molecule has 0 fully saturated rings. The molecular formula is C17H18BrClN2O. The first-order valence-corrected chi connectivity index (χ1v) is 8.32. The Labute approximate surface area is 144 Å². The molecule has 0 unspecified atom stereocenters. The SMILES string of the molecule is O=C(NCCc1ccccc1Cl)NCCc1ccccc1Br. The van der Waals surface area contributed by atoms with Crippen molar-refractivity contribution in [3.8, 4) is 0 Å². The van der Waals surface area contributed by atoms with E-state index in [0.717, 1.165) is 27.9 Å². The molecule has 2 amide bonds. The van der Waals surface area contributed by atoms with Gasteiger partial charge in [-0.3, -0.25) is 0 Å². The van der Waals surface area contributed by atoms with Crippen molar-refractivity contribution < 1.29 is 4.79 Å². The number of hydrogen-bond acceptors (Lipinski definition) is 1. The molecule has 2 aromatic rings. The topological polar surface area (TPSA) is 41.1 Å². The summed E-state index contributed by atoms with van der Waals surface area (Å²) < 4.78 is 1.07. The number of rotatable bonds is 6. The van der Waals surface area contributed by atoms with Crippen LogP contribution < -0.4 is 10.6 Å². The summed E-state index contributed by atoms with van der Waals surface area (Å²) in [7, 11) is 0. The van der Waals surface area contributed by atoms with Crippen molar-refractivity contribution in [2.24, 2.45) is 0 Å². The molecule has 0 aliphatic carbocycles. The average molecular weight is 382 g/mol. The Morgan fingerprint density at radius 2 is 1.45 bits per heavy atom. The summed E-state index contributed by atoms with van der Waals surface area (Å²) in [5, 5.41) is 6.43. The molecule has 0 atom stereocenters. The number of carbonyl (C=O) groups excluding carboxylic acids is 1. The van der Waals surface area contributed by atoms with E-state index in [2.05, 4.69) is 26.6 Å². The Hall–Kier alpha value is -1.52. The molecule has 0 radical (unpaired) electrons. The summed E-state index contributed by atoms with van der Waals surface area (Å²) in [5.41, 5.74) is 2.22. The van der Waals surface area contributed by atoms with E-state index in [9.17, 15) is 4.79 Å². The Kier molecular flexibility index (Phi) is 6.74. The van der Waals surface area contributed by atoms with Gasteiger partial charge in [-0.1, -0.05) is 63.9 Å². The van der Waals surface area contributed by atoms with Crippen LogP contribution in [0.3, 0.4) is 0 Å². The Morgan fingerprint density at radius 1 is 0.909 bits per heavy atom. The Balaban J connectivity index is 1.66. The van der Waals surface area contributed by atoms with Crippen molar-refractivity contribution in [1.29, 1.82) is 0 Å². The fourth-order valence-corrected chi connectivity index (χ4v) is 2.80. The number of benzene rings is 2. The van der Waals surface area contributed by atoms with Gasteiger partial charge in [0.1, 0.15) is 0 Å². The highest BCUT2D eigenvalue weighted by Gasteiger charge is 2.03. The lowest BCUT2D eigenvalue weighted by molar-refractivity contribution is 0.241. The highest BCUT2D eigenvalue weighted by atomic mass is 79.9. The molecular weight excluding hydrogens is 364 g/mol. The summed E-state index contributed by atoms with van der Waals surface area (Å²) in [4.78, 5) is 11.7. The zero-order valence-electron chi connectivity index (χ0n) is 12.1. The standard InChI is InChI=1S/C17H18BrClN2O/c18-15-7-3-1-5-13(15)9-11-20-17(22)21-12-10-14-6-2-4-8-16(14)19/h1-8H,9-12H2,(H2,20,21,22). The van der Waals surface area contributed by atoms with Crippen molar-refractivity contribution in [2.45, 2.75) is 12.8 Å². The van der Waals surface area contributed by atoms with Gasteiger partial charge in [0, 0.05) is 22.6 Å². The second-order valence-electron chi connectivity index (χ2n) is 4.87. The predicted octanol–water partition coefficient (Wildman–Crippen LogP) is 4.19. The highest BCUT2D eigenvalue weighted by molar-refractivity contribution is 9.10. The number of amides is 2. The lowest BCUT2D eigenvalue weighted by atomic mass is 10.1. The summed E-state index contributed by atoms with van der Waals surface area (Å²) in [6, 6.07) is 15.5. The minimum atomic E-state index is -0.154. The van der Waals surface area contributed by atoms with Crippen molar-refractivity contribution in [3.63, 3.8) is 0 Å². The van der Waals surface area contributed by atoms with Gasteiger partial charge in [0.05, 0.1) is 0 Å². The molecule has 22 heavy (non-hydrogen) atoms. The zero-order valence-corrected chi connectivity index (χ0v) is 14.5. The first-order chi connectivity index (χ1) is 10.7. The largest absolute Gasteiger partial charge is 0.338 e. The van der Waals surface area contributed by atoms with Crippen LogP contribution in [0.2, 0.25) is 5.02 Å². The van der Waals surface area contributed by atoms with Gasteiger partial charge in [-0.2, -0.15) is 0 Å². The molecule has 0 saturated heterocycles. The summed E-state index contributed by atoms with van der Waals surface area (Å²) in [6.45, 7) is 1.16. The predicted molar refractivity (Wildman–Crippen MR) is 94.4 cm³/mol. The van der Waals surface area contributed by atoms with Crippen LogP contribution in [0.5, 0.6) is 0 Å². The maximum atomic E-state index is 11.7. The van der Waals surface area contributed by atoms with Crippen LogP contribution >= 0.6 is 27.5 Å². The van der Waals surface area contributed by atoms with Gasteiger partial charge in [0.25, 0.3) is 0 Å². The molecule has 5 heteroatoms. The number of nitrogens with one attached hydrogen (secondary N) is 2. The minimum absolute atomic E-state index is 0.154. The van der Waals surface area contributed by atoms with Gasteiger partial charge in [0.2, 0.25) is 0 Å². The molecule has 3 nitrogen and oxygen atoms in total. The van der Waals surface area contributed by atoms with Crippen molar-refractivity contribution in [3.05, 3.63) is 69.2 Å². The van der Waals surface area contributed by atoms with E-state index in [1.165, 1.54) is 5.56 Å². The molecule has 116 valence electrons. The van der Waals surface area contributed by atoms with Crippen LogP contribution in [0, 0.1) is 0 Å². The third kappa shape index (κ3) is 5.35. The molecule has 0 aliphatic rings. The summed E-state index contributed by atoms with van der Waals surface area (Å²) >= 11 is 9.57. The van der Waals surface area contributed by atoms with Gasteiger partial charge >= 0.3 is 6.03 Å². The van der Waals surface area contributed by atoms with Crippen LogP contribution in [0.4, 0.5) is 4.79 Å². The van der Waals surface area contributed by atoms with E-state index in [-0.39, 0.29) is 6.03 Å². The summed E-state index contributed by atoms with van der Waals surface area (Å²) in [6.07, 6.45) is 1.51. The lowest BCUT2D eigenvalue weighted by Gasteiger charge is -2.09. The van der Waals surface area contributed by atoms with Crippen molar-refractivity contribution in [1.82, 2.24) is 10.6 Å². The average Bonchev–Trinajstić information content (AvgIpc) is 2.51. The first kappa shape index (κ1) is 16.8. The van der Waals surface area contributed by atoms with E-state index in [4.69, 9.17) is 11.6 Å². The van der Waals surface area contributed by atoms with Crippen LogP contribution in [0.15, 0.2) is 53.0 Å². The summed E-state index contributed by atoms with van der Waals surface area (Å²) in [5.74, 6) is 0. The smallest absolute Gasteiger partial charge is 0.314 e. The van der Waals surface area contributed by atoms with Crippen LogP contribution in [-0.4, -0.2) is 19.1 Å². The fourth-order valence-electron chi connectivity index (χ4n) is 2.09.